The van der Waals surface area contributed by atoms with E-state index >= 15 is 0 Å². The highest BCUT2D eigenvalue weighted by molar-refractivity contribution is 5.91. The van der Waals surface area contributed by atoms with Gasteiger partial charge < -0.3 is 14.9 Å². The quantitative estimate of drug-likeness (QED) is 0.838. The number of rotatable bonds is 5. The lowest BCUT2D eigenvalue weighted by molar-refractivity contribution is 0.0696. The normalized spacial score (nSPS) is 14.6. The number of carbonyl (C=O) groups is 1. The Kier molecular flexibility index (Phi) is 5.89. The molecule has 146 valence electrons. The fourth-order valence-electron chi connectivity index (χ4n) is 4.27. The molecule has 5 nitrogen and oxygen atoms in total. The van der Waals surface area contributed by atoms with E-state index < -0.39 is 5.97 Å². The highest BCUT2D eigenvalue weighted by Crippen LogP contribution is 2.31. The first-order chi connectivity index (χ1) is 13.5. The standard InChI is InChI=1S/C23H27N3O2/c1-4-26(22-14-20(23(27)28)16(2)13-17(22)3)19-9-11-25(12-10-19)21-8-6-5-7-18(21)15-24/h5-8,13-14,19H,4,9-12H2,1-3H3,(H,27,28). The molecule has 1 aliphatic heterocycles. The van der Waals surface area contributed by atoms with Crippen LogP contribution in [0.25, 0.3) is 0 Å². The molecule has 0 radical (unpaired) electrons. The second kappa shape index (κ2) is 8.35. The summed E-state index contributed by atoms with van der Waals surface area (Å²) in [6.45, 7) is 8.63. The number of carboxylic acids is 1. The molecule has 1 heterocycles. The van der Waals surface area contributed by atoms with E-state index in [0.717, 1.165) is 55.0 Å². The van der Waals surface area contributed by atoms with Crippen molar-refractivity contribution in [3.05, 3.63) is 58.7 Å². The van der Waals surface area contributed by atoms with Crippen LogP contribution in [0.3, 0.4) is 0 Å². The number of aromatic carboxylic acids is 1. The summed E-state index contributed by atoms with van der Waals surface area (Å²) >= 11 is 0. The number of hydrogen-bond donors (Lipinski definition) is 1. The molecular formula is C23H27N3O2. The summed E-state index contributed by atoms with van der Waals surface area (Å²) in [4.78, 5) is 16.2. The molecule has 0 bridgehead atoms. The van der Waals surface area contributed by atoms with Crippen LogP contribution in [-0.4, -0.2) is 36.8 Å². The summed E-state index contributed by atoms with van der Waals surface area (Å²) in [5, 5.41) is 18.9. The molecule has 0 saturated carbocycles. The molecule has 0 atom stereocenters. The zero-order chi connectivity index (χ0) is 20.3. The van der Waals surface area contributed by atoms with Crippen LogP contribution in [0.1, 0.15) is 46.8 Å². The molecule has 0 spiro atoms. The maximum atomic E-state index is 11.6. The number of anilines is 2. The number of hydrogen-bond acceptors (Lipinski definition) is 4. The van der Waals surface area contributed by atoms with Gasteiger partial charge in [0.25, 0.3) is 0 Å². The summed E-state index contributed by atoms with van der Waals surface area (Å²) in [7, 11) is 0. The molecule has 3 rings (SSSR count). The van der Waals surface area contributed by atoms with Gasteiger partial charge >= 0.3 is 5.97 Å². The molecule has 1 fully saturated rings. The largest absolute Gasteiger partial charge is 0.478 e. The molecular weight excluding hydrogens is 350 g/mol. The lowest BCUT2D eigenvalue weighted by atomic mass is 9.97. The van der Waals surface area contributed by atoms with E-state index in [4.69, 9.17) is 0 Å². The maximum Gasteiger partial charge on any atom is 0.336 e. The van der Waals surface area contributed by atoms with Gasteiger partial charge in [0, 0.05) is 31.4 Å². The second-order valence-corrected chi connectivity index (χ2v) is 7.39. The van der Waals surface area contributed by atoms with Crippen molar-refractivity contribution in [3.8, 4) is 6.07 Å². The molecule has 28 heavy (non-hydrogen) atoms. The van der Waals surface area contributed by atoms with Crippen LogP contribution in [0.5, 0.6) is 0 Å². The Labute approximate surface area is 166 Å². The van der Waals surface area contributed by atoms with Crippen LogP contribution in [-0.2, 0) is 0 Å². The molecule has 0 aliphatic carbocycles. The Balaban J connectivity index is 1.80. The van der Waals surface area contributed by atoms with Crippen molar-refractivity contribution in [3.63, 3.8) is 0 Å². The first kappa shape index (κ1) is 19.8. The van der Waals surface area contributed by atoms with Crippen molar-refractivity contribution in [2.75, 3.05) is 29.4 Å². The first-order valence-electron chi connectivity index (χ1n) is 9.81. The molecule has 0 aromatic heterocycles. The van der Waals surface area contributed by atoms with Gasteiger partial charge in [-0.3, -0.25) is 0 Å². The van der Waals surface area contributed by atoms with E-state index in [2.05, 4.69) is 29.7 Å². The van der Waals surface area contributed by atoms with Crippen molar-refractivity contribution in [2.45, 2.75) is 39.7 Å². The minimum Gasteiger partial charge on any atom is -0.478 e. The second-order valence-electron chi connectivity index (χ2n) is 7.39. The Morgan fingerprint density at radius 1 is 1.21 bits per heavy atom. The van der Waals surface area contributed by atoms with Gasteiger partial charge in [-0.25, -0.2) is 4.79 Å². The fourth-order valence-corrected chi connectivity index (χ4v) is 4.27. The number of nitriles is 1. The molecule has 5 heteroatoms. The molecule has 0 unspecified atom stereocenters. The Morgan fingerprint density at radius 2 is 1.89 bits per heavy atom. The molecule has 2 aromatic rings. The lowest BCUT2D eigenvalue weighted by Gasteiger charge is -2.41. The van der Waals surface area contributed by atoms with Gasteiger partial charge in [-0.15, -0.1) is 0 Å². The Morgan fingerprint density at radius 3 is 2.50 bits per heavy atom. The van der Waals surface area contributed by atoms with Crippen LogP contribution in [0.15, 0.2) is 36.4 Å². The zero-order valence-corrected chi connectivity index (χ0v) is 16.8. The van der Waals surface area contributed by atoms with Crippen molar-refractivity contribution >= 4 is 17.3 Å². The predicted molar refractivity (Wildman–Crippen MR) is 112 cm³/mol. The summed E-state index contributed by atoms with van der Waals surface area (Å²) in [5.74, 6) is -0.877. The number of benzene rings is 2. The van der Waals surface area contributed by atoms with Crippen molar-refractivity contribution in [1.82, 2.24) is 0 Å². The van der Waals surface area contributed by atoms with E-state index in [0.29, 0.717) is 17.2 Å². The van der Waals surface area contributed by atoms with Gasteiger partial charge in [0.2, 0.25) is 0 Å². The molecule has 0 amide bonds. The average molecular weight is 377 g/mol. The average Bonchev–Trinajstić information content (AvgIpc) is 2.70. The molecule has 1 N–H and O–H groups in total. The SMILES string of the molecule is CCN(c1cc(C(=O)O)c(C)cc1C)C1CCN(c2ccccc2C#N)CC1. The number of piperidine rings is 1. The van der Waals surface area contributed by atoms with Gasteiger partial charge in [-0.2, -0.15) is 5.26 Å². The van der Waals surface area contributed by atoms with E-state index in [9.17, 15) is 15.2 Å². The summed E-state index contributed by atoms with van der Waals surface area (Å²) in [5.41, 5.74) is 5.02. The molecule has 2 aromatic carbocycles. The topological polar surface area (TPSA) is 67.6 Å². The van der Waals surface area contributed by atoms with Gasteiger partial charge in [0.05, 0.1) is 16.8 Å². The lowest BCUT2D eigenvalue weighted by Crippen LogP contribution is -2.45. The van der Waals surface area contributed by atoms with E-state index in [1.165, 1.54) is 0 Å². The number of nitrogens with zero attached hydrogens (tertiary/aromatic N) is 3. The predicted octanol–water partition coefficient (Wildman–Crippen LogP) is 4.37. The summed E-state index contributed by atoms with van der Waals surface area (Å²) in [6.07, 6.45) is 1.95. The van der Waals surface area contributed by atoms with Gasteiger partial charge in [0.1, 0.15) is 6.07 Å². The number of carboxylic acid groups (broad SMARTS) is 1. The van der Waals surface area contributed by atoms with Crippen LogP contribution in [0.4, 0.5) is 11.4 Å². The van der Waals surface area contributed by atoms with Crippen molar-refractivity contribution in [1.29, 1.82) is 5.26 Å². The number of para-hydroxylation sites is 1. The van der Waals surface area contributed by atoms with Crippen molar-refractivity contribution < 1.29 is 9.90 Å². The monoisotopic (exact) mass is 377 g/mol. The van der Waals surface area contributed by atoms with E-state index in [1.807, 2.05) is 43.3 Å². The third kappa shape index (κ3) is 3.82. The molecule has 1 saturated heterocycles. The maximum absolute atomic E-state index is 11.6. The first-order valence-corrected chi connectivity index (χ1v) is 9.81. The summed E-state index contributed by atoms with van der Waals surface area (Å²) < 4.78 is 0. The van der Waals surface area contributed by atoms with Crippen LogP contribution in [0.2, 0.25) is 0 Å². The summed E-state index contributed by atoms with van der Waals surface area (Å²) in [6, 6.07) is 14.2. The van der Waals surface area contributed by atoms with Gasteiger partial charge in [-0.1, -0.05) is 18.2 Å². The smallest absolute Gasteiger partial charge is 0.336 e. The Bertz CT molecular complexity index is 909. The van der Waals surface area contributed by atoms with Gasteiger partial charge in [-0.05, 0) is 62.9 Å². The minimum atomic E-state index is -0.877. The third-order valence-electron chi connectivity index (χ3n) is 5.69. The Hall–Kier alpha value is -3.00. The zero-order valence-electron chi connectivity index (χ0n) is 16.8. The van der Waals surface area contributed by atoms with Crippen LogP contribution < -0.4 is 9.80 Å². The third-order valence-corrected chi connectivity index (χ3v) is 5.69. The fraction of sp³-hybridized carbons (Fsp3) is 0.391. The van der Waals surface area contributed by atoms with Crippen LogP contribution in [0, 0.1) is 25.2 Å². The van der Waals surface area contributed by atoms with Crippen molar-refractivity contribution in [2.24, 2.45) is 0 Å². The highest BCUT2D eigenvalue weighted by atomic mass is 16.4. The van der Waals surface area contributed by atoms with E-state index in [-0.39, 0.29) is 0 Å². The van der Waals surface area contributed by atoms with Gasteiger partial charge in [0.15, 0.2) is 0 Å². The minimum absolute atomic E-state index is 0.360. The highest BCUT2D eigenvalue weighted by Gasteiger charge is 2.26. The molecule has 1 aliphatic rings. The van der Waals surface area contributed by atoms with E-state index in [1.54, 1.807) is 0 Å². The van der Waals surface area contributed by atoms with Crippen LogP contribution >= 0.6 is 0 Å². The number of aryl methyl sites for hydroxylation is 2.